The summed E-state index contributed by atoms with van der Waals surface area (Å²) in [5.41, 5.74) is 4.59. The minimum atomic E-state index is -0.986. The van der Waals surface area contributed by atoms with Crippen LogP contribution in [0.1, 0.15) is 25.7 Å². The summed E-state index contributed by atoms with van der Waals surface area (Å²) in [5, 5.41) is 0. The molecule has 0 amide bonds. The van der Waals surface area contributed by atoms with Crippen LogP contribution in [-0.4, -0.2) is 24.9 Å². The number of alkyl halides is 1. The van der Waals surface area contributed by atoms with Gasteiger partial charge in [0.15, 0.2) is 0 Å². The quantitative estimate of drug-likeness (QED) is 0.647. The summed E-state index contributed by atoms with van der Waals surface area (Å²) >= 11 is 0. The van der Waals surface area contributed by atoms with Crippen LogP contribution in [0.4, 0.5) is 4.39 Å². The van der Waals surface area contributed by atoms with E-state index in [4.69, 9.17) is 10.5 Å². The Balaban J connectivity index is 1.90. The second kappa shape index (κ2) is 2.96. The lowest BCUT2D eigenvalue weighted by Crippen LogP contribution is -2.54. The summed E-state index contributed by atoms with van der Waals surface area (Å²) in [6.07, 6.45) is 3.07. The molecule has 0 spiro atoms. The molecule has 1 atom stereocenters. The number of ether oxygens (including phenoxy) is 1. The van der Waals surface area contributed by atoms with Crippen molar-refractivity contribution in [2.75, 3.05) is 13.2 Å². The molecule has 2 rings (SSSR count). The summed E-state index contributed by atoms with van der Waals surface area (Å²) in [7, 11) is 0. The van der Waals surface area contributed by atoms with E-state index in [0.717, 1.165) is 19.4 Å². The van der Waals surface area contributed by atoms with Gasteiger partial charge < -0.3 is 10.5 Å². The predicted molar refractivity (Wildman–Crippen MR) is 44.6 cm³/mol. The van der Waals surface area contributed by atoms with Crippen LogP contribution in [0.5, 0.6) is 0 Å². The summed E-state index contributed by atoms with van der Waals surface area (Å²) in [6.45, 7) is 1.40. The molecule has 0 aromatic carbocycles. The number of hydrogen-bond acceptors (Lipinski definition) is 2. The number of rotatable bonds is 1. The van der Waals surface area contributed by atoms with Crippen molar-refractivity contribution in [2.45, 2.75) is 37.4 Å². The van der Waals surface area contributed by atoms with Gasteiger partial charge in [-0.2, -0.15) is 0 Å². The van der Waals surface area contributed by atoms with Crippen LogP contribution in [0, 0.1) is 5.92 Å². The van der Waals surface area contributed by atoms with Crippen molar-refractivity contribution >= 4 is 0 Å². The Labute approximate surface area is 72.3 Å². The third-order valence-electron chi connectivity index (χ3n) is 3.10. The minimum Gasteiger partial charge on any atom is -0.381 e. The first-order valence-electron chi connectivity index (χ1n) is 4.73. The first kappa shape index (κ1) is 8.45. The Morgan fingerprint density at radius 3 is 2.67 bits per heavy atom. The molecule has 1 saturated carbocycles. The predicted octanol–water partition coefficient (Wildman–Crippen LogP) is 1.24. The maximum Gasteiger partial charge on any atom is 0.119 e. The van der Waals surface area contributed by atoms with E-state index in [1.54, 1.807) is 0 Å². The van der Waals surface area contributed by atoms with Crippen LogP contribution in [0.2, 0.25) is 0 Å². The average molecular weight is 173 g/mol. The molecule has 2 fully saturated rings. The van der Waals surface area contributed by atoms with Crippen LogP contribution < -0.4 is 5.73 Å². The molecule has 1 aliphatic heterocycles. The molecule has 0 radical (unpaired) electrons. The van der Waals surface area contributed by atoms with Crippen LogP contribution in [-0.2, 0) is 4.74 Å². The van der Waals surface area contributed by atoms with E-state index in [2.05, 4.69) is 0 Å². The van der Waals surface area contributed by atoms with Crippen molar-refractivity contribution in [1.82, 2.24) is 0 Å². The fraction of sp³-hybridized carbons (Fsp3) is 1.00. The van der Waals surface area contributed by atoms with Gasteiger partial charge in [-0.05, 0) is 25.7 Å². The molecule has 3 heteroatoms. The topological polar surface area (TPSA) is 35.2 Å². The largest absolute Gasteiger partial charge is 0.381 e. The molecule has 1 heterocycles. The lowest BCUT2D eigenvalue weighted by Gasteiger charge is -2.45. The SMILES string of the molecule is NC1CC(F)(C2CCCOC2)C1. The van der Waals surface area contributed by atoms with E-state index in [1.165, 1.54) is 0 Å². The van der Waals surface area contributed by atoms with Gasteiger partial charge in [0, 0.05) is 18.6 Å². The molecule has 2 nitrogen and oxygen atoms in total. The van der Waals surface area contributed by atoms with E-state index in [9.17, 15) is 4.39 Å². The molecule has 1 unspecified atom stereocenters. The van der Waals surface area contributed by atoms with Gasteiger partial charge in [-0.3, -0.25) is 0 Å². The van der Waals surface area contributed by atoms with E-state index in [-0.39, 0.29) is 12.0 Å². The third kappa shape index (κ3) is 1.36. The van der Waals surface area contributed by atoms with Gasteiger partial charge in [-0.25, -0.2) is 4.39 Å². The normalized spacial score (nSPS) is 48.5. The van der Waals surface area contributed by atoms with Crippen molar-refractivity contribution in [2.24, 2.45) is 11.7 Å². The Hall–Kier alpha value is -0.150. The molecule has 70 valence electrons. The van der Waals surface area contributed by atoms with E-state index >= 15 is 0 Å². The summed E-state index contributed by atoms with van der Waals surface area (Å²) in [4.78, 5) is 0. The van der Waals surface area contributed by atoms with Crippen molar-refractivity contribution < 1.29 is 9.13 Å². The van der Waals surface area contributed by atoms with Gasteiger partial charge in [-0.1, -0.05) is 0 Å². The molecule has 0 bridgehead atoms. The van der Waals surface area contributed by atoms with Crippen molar-refractivity contribution in [3.05, 3.63) is 0 Å². The fourth-order valence-electron chi connectivity index (χ4n) is 2.29. The highest BCUT2D eigenvalue weighted by atomic mass is 19.1. The zero-order chi connectivity index (χ0) is 8.60. The van der Waals surface area contributed by atoms with Crippen molar-refractivity contribution in [3.63, 3.8) is 0 Å². The lowest BCUT2D eigenvalue weighted by molar-refractivity contribution is -0.0771. The lowest BCUT2D eigenvalue weighted by atomic mass is 9.68. The maximum atomic E-state index is 13.9. The van der Waals surface area contributed by atoms with Gasteiger partial charge in [0.2, 0.25) is 0 Å². The second-order valence-electron chi connectivity index (χ2n) is 4.12. The van der Waals surface area contributed by atoms with Crippen LogP contribution in [0.25, 0.3) is 0 Å². The van der Waals surface area contributed by atoms with Crippen LogP contribution >= 0.6 is 0 Å². The Bertz CT molecular complexity index is 162. The molecule has 1 saturated heterocycles. The van der Waals surface area contributed by atoms with Crippen molar-refractivity contribution in [1.29, 1.82) is 0 Å². The molecule has 2 N–H and O–H groups in total. The molecule has 0 aromatic heterocycles. The standard InChI is InChI=1S/C9H16FNO/c10-9(4-8(11)5-9)7-2-1-3-12-6-7/h7-8H,1-6,11H2. The molecule has 0 aromatic rings. The number of halogens is 1. The average Bonchev–Trinajstić information content (AvgIpc) is 2.04. The number of hydrogen-bond donors (Lipinski definition) is 1. The summed E-state index contributed by atoms with van der Waals surface area (Å²) < 4.78 is 19.1. The Kier molecular flexibility index (Phi) is 2.09. The zero-order valence-corrected chi connectivity index (χ0v) is 7.26. The monoisotopic (exact) mass is 173 g/mol. The van der Waals surface area contributed by atoms with E-state index < -0.39 is 5.67 Å². The highest BCUT2D eigenvalue weighted by molar-refractivity contribution is 5.01. The van der Waals surface area contributed by atoms with Gasteiger partial charge in [0.1, 0.15) is 5.67 Å². The first-order valence-corrected chi connectivity index (χ1v) is 4.73. The molecular weight excluding hydrogens is 157 g/mol. The molecule has 12 heavy (non-hydrogen) atoms. The Morgan fingerprint density at radius 2 is 2.17 bits per heavy atom. The van der Waals surface area contributed by atoms with E-state index in [0.29, 0.717) is 19.4 Å². The Morgan fingerprint density at radius 1 is 1.42 bits per heavy atom. The smallest absolute Gasteiger partial charge is 0.119 e. The van der Waals surface area contributed by atoms with Gasteiger partial charge in [-0.15, -0.1) is 0 Å². The third-order valence-corrected chi connectivity index (χ3v) is 3.10. The van der Waals surface area contributed by atoms with Gasteiger partial charge in [0.25, 0.3) is 0 Å². The molecule has 1 aliphatic carbocycles. The minimum absolute atomic E-state index is 0.0944. The van der Waals surface area contributed by atoms with Gasteiger partial charge in [0.05, 0.1) is 6.61 Å². The highest BCUT2D eigenvalue weighted by Crippen LogP contribution is 2.44. The maximum absolute atomic E-state index is 13.9. The second-order valence-corrected chi connectivity index (χ2v) is 4.12. The first-order chi connectivity index (χ1) is 5.71. The highest BCUT2D eigenvalue weighted by Gasteiger charge is 2.49. The van der Waals surface area contributed by atoms with Crippen LogP contribution in [0.15, 0.2) is 0 Å². The van der Waals surface area contributed by atoms with Crippen LogP contribution in [0.3, 0.4) is 0 Å². The molecule has 2 aliphatic rings. The fourth-order valence-corrected chi connectivity index (χ4v) is 2.29. The zero-order valence-electron chi connectivity index (χ0n) is 7.26. The number of nitrogens with two attached hydrogens (primary N) is 1. The van der Waals surface area contributed by atoms with Gasteiger partial charge >= 0.3 is 0 Å². The van der Waals surface area contributed by atoms with Crippen molar-refractivity contribution in [3.8, 4) is 0 Å². The van der Waals surface area contributed by atoms with E-state index in [1.807, 2.05) is 0 Å². The summed E-state index contributed by atoms with van der Waals surface area (Å²) in [5.74, 6) is 0.117. The summed E-state index contributed by atoms with van der Waals surface area (Å²) in [6, 6.07) is 0.0944. The molecular formula is C9H16FNO.